The quantitative estimate of drug-likeness (QED) is 0.790. The van der Waals surface area contributed by atoms with Crippen molar-refractivity contribution >= 4 is 17.5 Å². The molecular weight excluding hydrogens is 278 g/mol. The van der Waals surface area contributed by atoms with Crippen LogP contribution >= 0.6 is 11.6 Å². The highest BCUT2D eigenvalue weighted by Gasteiger charge is 2.15. The van der Waals surface area contributed by atoms with E-state index in [1.54, 1.807) is 12.1 Å². The molecule has 0 aliphatic heterocycles. The third-order valence-electron chi connectivity index (χ3n) is 2.94. The summed E-state index contributed by atoms with van der Waals surface area (Å²) in [4.78, 5) is 12.1. The molecule has 106 valence electrons. The standard InChI is InChI=1S/C14H16ClN3O2/c1-9(8-19)6-16-14(20)12-7-17-18-13(12)10-2-4-11(15)5-3-10/h2-5,7,9,19H,6,8H2,1H3,(H,16,20)(H,17,18). The summed E-state index contributed by atoms with van der Waals surface area (Å²) in [6, 6.07) is 7.16. The first-order chi connectivity index (χ1) is 9.61. The number of carbonyl (C=O) groups is 1. The number of aromatic amines is 1. The molecule has 0 fully saturated rings. The van der Waals surface area contributed by atoms with Crippen LogP contribution in [-0.2, 0) is 0 Å². The number of hydrogen-bond donors (Lipinski definition) is 3. The number of hydrogen-bond acceptors (Lipinski definition) is 3. The summed E-state index contributed by atoms with van der Waals surface area (Å²) in [6.45, 7) is 2.31. The van der Waals surface area contributed by atoms with Crippen LogP contribution < -0.4 is 5.32 Å². The smallest absolute Gasteiger partial charge is 0.255 e. The summed E-state index contributed by atoms with van der Waals surface area (Å²) in [6.07, 6.45) is 1.49. The van der Waals surface area contributed by atoms with Gasteiger partial charge in [-0.2, -0.15) is 5.10 Å². The van der Waals surface area contributed by atoms with Gasteiger partial charge >= 0.3 is 0 Å². The van der Waals surface area contributed by atoms with Gasteiger partial charge in [-0.15, -0.1) is 0 Å². The number of rotatable bonds is 5. The Balaban J connectivity index is 2.16. The van der Waals surface area contributed by atoms with Gasteiger partial charge in [0, 0.05) is 23.7 Å². The van der Waals surface area contributed by atoms with Gasteiger partial charge in [0.1, 0.15) is 0 Å². The van der Waals surface area contributed by atoms with Gasteiger partial charge < -0.3 is 10.4 Å². The number of aliphatic hydroxyl groups is 1. The maximum atomic E-state index is 12.1. The summed E-state index contributed by atoms with van der Waals surface area (Å²) in [5.41, 5.74) is 1.96. The Morgan fingerprint density at radius 1 is 1.45 bits per heavy atom. The van der Waals surface area contributed by atoms with Crippen molar-refractivity contribution < 1.29 is 9.90 Å². The molecule has 1 aromatic carbocycles. The molecule has 0 aliphatic carbocycles. The van der Waals surface area contributed by atoms with Crippen LogP contribution in [0.5, 0.6) is 0 Å². The molecule has 2 aromatic rings. The maximum absolute atomic E-state index is 12.1. The van der Waals surface area contributed by atoms with E-state index < -0.39 is 0 Å². The third kappa shape index (κ3) is 3.37. The molecule has 5 nitrogen and oxygen atoms in total. The van der Waals surface area contributed by atoms with E-state index in [1.807, 2.05) is 19.1 Å². The van der Waals surface area contributed by atoms with Crippen molar-refractivity contribution in [3.05, 3.63) is 41.0 Å². The van der Waals surface area contributed by atoms with Gasteiger partial charge in [-0.3, -0.25) is 9.89 Å². The highest BCUT2D eigenvalue weighted by Crippen LogP contribution is 2.22. The van der Waals surface area contributed by atoms with Crippen molar-refractivity contribution in [3.63, 3.8) is 0 Å². The average molecular weight is 294 g/mol. The lowest BCUT2D eigenvalue weighted by atomic mass is 10.1. The molecule has 1 heterocycles. The highest BCUT2D eigenvalue weighted by molar-refractivity contribution is 6.30. The maximum Gasteiger partial charge on any atom is 0.255 e. The fourth-order valence-electron chi connectivity index (χ4n) is 1.72. The minimum Gasteiger partial charge on any atom is -0.396 e. The fraction of sp³-hybridized carbons (Fsp3) is 0.286. The van der Waals surface area contributed by atoms with Crippen molar-refractivity contribution in [2.75, 3.05) is 13.2 Å². The Morgan fingerprint density at radius 2 is 2.15 bits per heavy atom. The van der Waals surface area contributed by atoms with E-state index >= 15 is 0 Å². The van der Waals surface area contributed by atoms with Gasteiger partial charge in [-0.05, 0) is 18.1 Å². The largest absolute Gasteiger partial charge is 0.396 e. The summed E-state index contributed by atoms with van der Waals surface area (Å²) < 4.78 is 0. The number of nitrogens with one attached hydrogen (secondary N) is 2. The topological polar surface area (TPSA) is 78.0 Å². The van der Waals surface area contributed by atoms with Crippen LogP contribution in [0.2, 0.25) is 5.02 Å². The normalized spacial score (nSPS) is 12.2. The second-order valence-electron chi connectivity index (χ2n) is 4.66. The third-order valence-corrected chi connectivity index (χ3v) is 3.19. The van der Waals surface area contributed by atoms with E-state index in [4.69, 9.17) is 16.7 Å². The van der Waals surface area contributed by atoms with Crippen LogP contribution in [0.3, 0.4) is 0 Å². The zero-order valence-corrected chi connectivity index (χ0v) is 11.8. The van der Waals surface area contributed by atoms with Crippen molar-refractivity contribution in [1.82, 2.24) is 15.5 Å². The van der Waals surface area contributed by atoms with Crippen molar-refractivity contribution in [1.29, 1.82) is 0 Å². The van der Waals surface area contributed by atoms with E-state index in [1.165, 1.54) is 6.20 Å². The van der Waals surface area contributed by atoms with Gasteiger partial charge in [0.25, 0.3) is 5.91 Å². The number of benzene rings is 1. The molecule has 0 saturated heterocycles. The lowest BCUT2D eigenvalue weighted by Crippen LogP contribution is -2.29. The van der Waals surface area contributed by atoms with Crippen LogP contribution in [0.4, 0.5) is 0 Å². The number of aromatic nitrogens is 2. The number of halogens is 1. The van der Waals surface area contributed by atoms with E-state index in [0.29, 0.717) is 22.8 Å². The molecule has 6 heteroatoms. The number of H-pyrrole nitrogens is 1. The first kappa shape index (κ1) is 14.6. The predicted molar refractivity (Wildman–Crippen MR) is 77.6 cm³/mol. The van der Waals surface area contributed by atoms with Gasteiger partial charge in [0.2, 0.25) is 0 Å². The fourth-order valence-corrected chi connectivity index (χ4v) is 1.85. The summed E-state index contributed by atoms with van der Waals surface area (Å²) in [7, 11) is 0. The Morgan fingerprint density at radius 3 is 2.80 bits per heavy atom. The van der Waals surface area contributed by atoms with E-state index in [0.717, 1.165) is 5.56 Å². The van der Waals surface area contributed by atoms with Crippen molar-refractivity contribution in [2.45, 2.75) is 6.92 Å². The first-order valence-electron chi connectivity index (χ1n) is 6.30. The molecule has 1 unspecified atom stereocenters. The summed E-state index contributed by atoms with van der Waals surface area (Å²) >= 11 is 5.85. The van der Waals surface area contributed by atoms with Crippen LogP contribution in [0, 0.1) is 5.92 Å². The van der Waals surface area contributed by atoms with Crippen LogP contribution in [-0.4, -0.2) is 34.4 Å². The highest BCUT2D eigenvalue weighted by atomic mass is 35.5. The molecular formula is C14H16ClN3O2. The van der Waals surface area contributed by atoms with Crippen molar-refractivity contribution in [2.24, 2.45) is 5.92 Å². The lowest BCUT2D eigenvalue weighted by Gasteiger charge is -2.09. The van der Waals surface area contributed by atoms with E-state index in [-0.39, 0.29) is 18.4 Å². The number of nitrogens with zero attached hydrogens (tertiary/aromatic N) is 1. The second-order valence-corrected chi connectivity index (χ2v) is 5.10. The van der Waals surface area contributed by atoms with E-state index in [9.17, 15) is 4.79 Å². The Kier molecular flexibility index (Phi) is 4.76. The first-order valence-corrected chi connectivity index (χ1v) is 6.68. The second kappa shape index (κ2) is 6.54. The minimum atomic E-state index is -0.219. The zero-order chi connectivity index (χ0) is 14.5. The zero-order valence-electron chi connectivity index (χ0n) is 11.1. The molecule has 1 atom stereocenters. The minimum absolute atomic E-state index is 0.0184. The van der Waals surface area contributed by atoms with E-state index in [2.05, 4.69) is 15.5 Å². The molecule has 3 N–H and O–H groups in total. The van der Waals surface area contributed by atoms with Gasteiger partial charge in [-0.25, -0.2) is 0 Å². The van der Waals surface area contributed by atoms with Crippen molar-refractivity contribution in [3.8, 4) is 11.3 Å². The molecule has 0 radical (unpaired) electrons. The molecule has 0 aliphatic rings. The summed E-state index contributed by atoms with van der Waals surface area (Å²) in [5.74, 6) is -0.200. The number of aliphatic hydroxyl groups excluding tert-OH is 1. The molecule has 0 bridgehead atoms. The molecule has 20 heavy (non-hydrogen) atoms. The molecule has 1 aromatic heterocycles. The van der Waals surface area contributed by atoms with Crippen LogP contribution in [0.1, 0.15) is 17.3 Å². The van der Waals surface area contributed by atoms with Gasteiger partial charge in [-0.1, -0.05) is 30.7 Å². The molecule has 0 spiro atoms. The Hall–Kier alpha value is -1.85. The Labute approximate surface area is 122 Å². The van der Waals surface area contributed by atoms with Crippen LogP contribution in [0.15, 0.2) is 30.5 Å². The number of amides is 1. The monoisotopic (exact) mass is 293 g/mol. The molecule has 2 rings (SSSR count). The molecule has 1 amide bonds. The lowest BCUT2D eigenvalue weighted by molar-refractivity contribution is 0.0943. The average Bonchev–Trinajstić information content (AvgIpc) is 2.94. The SMILES string of the molecule is CC(CO)CNC(=O)c1cn[nH]c1-c1ccc(Cl)cc1. The number of carbonyl (C=O) groups excluding carboxylic acids is 1. The van der Waals surface area contributed by atoms with Gasteiger partial charge in [0.05, 0.1) is 17.5 Å². The predicted octanol–water partition coefficient (Wildman–Crippen LogP) is 2.09. The molecule has 0 saturated carbocycles. The summed E-state index contributed by atoms with van der Waals surface area (Å²) in [5, 5.41) is 19.1. The van der Waals surface area contributed by atoms with Gasteiger partial charge in [0.15, 0.2) is 0 Å². The Bertz CT molecular complexity index is 580. The van der Waals surface area contributed by atoms with Crippen LogP contribution in [0.25, 0.3) is 11.3 Å².